The summed E-state index contributed by atoms with van der Waals surface area (Å²) in [5.41, 5.74) is 1.30. The molecule has 1 aromatic rings. The van der Waals surface area contributed by atoms with E-state index < -0.39 is 11.9 Å². The van der Waals surface area contributed by atoms with Crippen LogP contribution in [0.5, 0.6) is 0 Å². The number of halogens is 1. The Morgan fingerprint density at radius 3 is 2.38 bits per heavy atom. The van der Waals surface area contributed by atoms with Crippen molar-refractivity contribution in [3.05, 3.63) is 35.4 Å². The third-order valence-electron chi connectivity index (χ3n) is 5.88. The number of morpholine rings is 1. The molecule has 0 radical (unpaired) electrons. The number of rotatable bonds is 4. The summed E-state index contributed by atoms with van der Waals surface area (Å²) in [6, 6.07) is 4.42. The van der Waals surface area contributed by atoms with E-state index in [1.807, 2.05) is 12.2 Å². The molecule has 3 amide bonds. The van der Waals surface area contributed by atoms with Gasteiger partial charge < -0.3 is 15.0 Å². The van der Waals surface area contributed by atoms with Gasteiger partial charge in [0.2, 0.25) is 17.7 Å². The number of ether oxygens (including phenoxy) is 1. The highest BCUT2D eigenvalue weighted by atomic mass is 35.5. The highest BCUT2D eigenvalue weighted by Gasteiger charge is 2.50. The van der Waals surface area contributed by atoms with Crippen molar-refractivity contribution in [2.75, 3.05) is 36.5 Å². The Kier molecular flexibility index (Phi) is 5.61. The number of likely N-dealkylation sites (tertiary alicyclic amines) is 1. The summed E-state index contributed by atoms with van der Waals surface area (Å²) in [6.45, 7) is 4.10. The third kappa shape index (κ3) is 3.65. The van der Waals surface area contributed by atoms with E-state index in [9.17, 15) is 14.4 Å². The van der Waals surface area contributed by atoms with Crippen LogP contribution in [-0.2, 0) is 19.1 Å². The summed E-state index contributed by atoms with van der Waals surface area (Å²) in [6.07, 6.45) is 4.97. The zero-order chi connectivity index (χ0) is 20.5. The van der Waals surface area contributed by atoms with Crippen LogP contribution in [0, 0.1) is 11.8 Å². The molecule has 0 saturated carbocycles. The molecule has 0 aromatic heterocycles. The van der Waals surface area contributed by atoms with Crippen LogP contribution in [-0.4, -0.2) is 55.0 Å². The number of carbonyl (C=O) groups is 3. The molecule has 0 spiro atoms. The smallest absolute Gasteiger partial charge is 0.247 e. The summed E-state index contributed by atoms with van der Waals surface area (Å²) in [7, 11) is 0. The van der Waals surface area contributed by atoms with Crippen molar-refractivity contribution in [3.8, 4) is 0 Å². The average molecular weight is 418 g/mol. The van der Waals surface area contributed by atoms with E-state index in [0.29, 0.717) is 49.9 Å². The van der Waals surface area contributed by atoms with E-state index in [1.165, 1.54) is 0 Å². The Bertz CT molecular complexity index is 839. The van der Waals surface area contributed by atoms with Gasteiger partial charge in [-0.15, -0.1) is 0 Å². The van der Waals surface area contributed by atoms with Gasteiger partial charge >= 0.3 is 0 Å². The Morgan fingerprint density at radius 1 is 1.14 bits per heavy atom. The first-order valence-corrected chi connectivity index (χ1v) is 10.3. The fourth-order valence-electron chi connectivity index (χ4n) is 4.29. The lowest BCUT2D eigenvalue weighted by Crippen LogP contribution is -2.46. The number of hydrogen-bond donors (Lipinski definition) is 1. The van der Waals surface area contributed by atoms with Crippen molar-refractivity contribution in [2.45, 2.75) is 25.8 Å². The van der Waals surface area contributed by atoms with E-state index in [4.69, 9.17) is 16.3 Å². The Labute approximate surface area is 174 Å². The van der Waals surface area contributed by atoms with Gasteiger partial charge in [-0.05, 0) is 31.9 Å². The van der Waals surface area contributed by atoms with Gasteiger partial charge in [-0.3, -0.25) is 19.3 Å². The molecular weight excluding hydrogens is 394 g/mol. The van der Waals surface area contributed by atoms with Gasteiger partial charge in [0.15, 0.2) is 0 Å². The fourth-order valence-corrected chi connectivity index (χ4v) is 4.58. The molecule has 1 aromatic carbocycles. The molecule has 29 heavy (non-hydrogen) atoms. The van der Waals surface area contributed by atoms with Gasteiger partial charge in [0.05, 0.1) is 41.4 Å². The normalized spacial score (nSPS) is 25.2. The van der Waals surface area contributed by atoms with Gasteiger partial charge in [0.25, 0.3) is 0 Å². The van der Waals surface area contributed by atoms with Crippen molar-refractivity contribution in [2.24, 2.45) is 11.8 Å². The minimum Gasteiger partial charge on any atom is -0.378 e. The van der Waals surface area contributed by atoms with Crippen molar-refractivity contribution in [1.82, 2.24) is 4.90 Å². The van der Waals surface area contributed by atoms with Crippen LogP contribution in [0.1, 0.15) is 19.8 Å². The molecule has 2 aliphatic heterocycles. The maximum atomic E-state index is 13.0. The van der Waals surface area contributed by atoms with Gasteiger partial charge in [0, 0.05) is 13.1 Å². The van der Waals surface area contributed by atoms with Crippen LogP contribution in [0.3, 0.4) is 0 Å². The topological polar surface area (TPSA) is 79.0 Å². The molecule has 8 heteroatoms. The minimum atomic E-state index is -0.892. The van der Waals surface area contributed by atoms with Crippen molar-refractivity contribution in [1.29, 1.82) is 0 Å². The number of hydrogen-bond acceptors (Lipinski definition) is 5. The largest absolute Gasteiger partial charge is 0.378 e. The lowest BCUT2D eigenvalue weighted by molar-refractivity contribution is -0.146. The first-order valence-electron chi connectivity index (χ1n) is 9.93. The molecule has 3 aliphatic rings. The predicted molar refractivity (Wildman–Crippen MR) is 110 cm³/mol. The van der Waals surface area contributed by atoms with Crippen LogP contribution in [0.25, 0.3) is 0 Å². The number of para-hydroxylation sites is 1. The number of fused-ring (bicyclic) bond motifs is 1. The number of benzene rings is 1. The Balaban J connectivity index is 1.53. The second-order valence-corrected chi connectivity index (χ2v) is 8.01. The molecule has 0 bridgehead atoms. The number of allylic oxidation sites excluding steroid dienone is 2. The van der Waals surface area contributed by atoms with Crippen LogP contribution in [0.4, 0.5) is 11.4 Å². The summed E-state index contributed by atoms with van der Waals surface area (Å²) in [5.74, 6) is -1.62. The van der Waals surface area contributed by atoms with Gasteiger partial charge in [-0.1, -0.05) is 29.8 Å². The molecule has 2 heterocycles. The Morgan fingerprint density at radius 2 is 1.76 bits per heavy atom. The standard InChI is InChI=1S/C21H24ClN3O4/c1-13(25-20(27)14-5-2-3-6-15(14)21(25)28)19(26)23-17-8-4-7-16(22)18(17)24-9-11-29-12-10-24/h2-4,7-8,13-15H,5-6,9-12H2,1H3,(H,23,26). The molecule has 1 N–H and O–H groups in total. The van der Waals surface area contributed by atoms with Crippen LogP contribution in [0.2, 0.25) is 5.02 Å². The number of nitrogens with one attached hydrogen (secondary N) is 1. The first kappa shape index (κ1) is 19.9. The van der Waals surface area contributed by atoms with Gasteiger partial charge in [-0.2, -0.15) is 0 Å². The third-order valence-corrected chi connectivity index (χ3v) is 6.19. The van der Waals surface area contributed by atoms with E-state index in [-0.39, 0.29) is 23.7 Å². The number of nitrogens with zero attached hydrogens (tertiary/aromatic N) is 2. The summed E-state index contributed by atoms with van der Waals surface area (Å²) in [5, 5.41) is 3.41. The molecule has 3 unspecified atom stereocenters. The zero-order valence-corrected chi connectivity index (χ0v) is 17.0. The highest BCUT2D eigenvalue weighted by Crippen LogP contribution is 2.37. The molecule has 2 saturated heterocycles. The molecule has 7 nitrogen and oxygen atoms in total. The summed E-state index contributed by atoms with van der Waals surface area (Å²) >= 11 is 6.42. The van der Waals surface area contributed by atoms with Crippen LogP contribution in [0.15, 0.2) is 30.4 Å². The van der Waals surface area contributed by atoms with E-state index in [1.54, 1.807) is 25.1 Å². The molecule has 1 aliphatic carbocycles. The lowest BCUT2D eigenvalue weighted by Gasteiger charge is -2.31. The molecular formula is C21H24ClN3O4. The number of imide groups is 1. The van der Waals surface area contributed by atoms with Crippen molar-refractivity contribution < 1.29 is 19.1 Å². The number of amides is 3. The van der Waals surface area contributed by atoms with E-state index >= 15 is 0 Å². The van der Waals surface area contributed by atoms with Gasteiger partial charge in [0.1, 0.15) is 6.04 Å². The molecule has 3 atom stereocenters. The Hall–Kier alpha value is -2.38. The number of carbonyl (C=O) groups excluding carboxylic acids is 3. The minimum absolute atomic E-state index is 0.258. The predicted octanol–water partition coefficient (Wildman–Crippen LogP) is 2.45. The quantitative estimate of drug-likeness (QED) is 0.601. The van der Waals surface area contributed by atoms with E-state index in [2.05, 4.69) is 10.2 Å². The van der Waals surface area contributed by atoms with Crippen molar-refractivity contribution in [3.63, 3.8) is 0 Å². The monoisotopic (exact) mass is 417 g/mol. The average Bonchev–Trinajstić information content (AvgIpc) is 2.99. The highest BCUT2D eigenvalue weighted by molar-refractivity contribution is 6.34. The fraction of sp³-hybridized carbons (Fsp3) is 0.476. The van der Waals surface area contributed by atoms with Gasteiger partial charge in [-0.25, -0.2) is 0 Å². The SMILES string of the molecule is CC(C(=O)Nc1cccc(Cl)c1N1CCOCC1)N1C(=O)C2CC=CCC2C1=O. The second kappa shape index (κ2) is 8.16. The molecule has 4 rings (SSSR count). The second-order valence-electron chi connectivity index (χ2n) is 7.60. The maximum Gasteiger partial charge on any atom is 0.247 e. The maximum absolute atomic E-state index is 13.0. The zero-order valence-electron chi connectivity index (χ0n) is 16.3. The summed E-state index contributed by atoms with van der Waals surface area (Å²) < 4.78 is 5.40. The summed E-state index contributed by atoms with van der Waals surface area (Å²) in [4.78, 5) is 41.7. The van der Waals surface area contributed by atoms with Crippen LogP contribution < -0.4 is 10.2 Å². The van der Waals surface area contributed by atoms with E-state index in [0.717, 1.165) is 10.6 Å². The molecule has 2 fully saturated rings. The number of anilines is 2. The lowest BCUT2D eigenvalue weighted by atomic mass is 9.85. The molecule has 154 valence electrons. The first-order chi connectivity index (χ1) is 14.0. The van der Waals surface area contributed by atoms with Crippen LogP contribution >= 0.6 is 11.6 Å². The van der Waals surface area contributed by atoms with Crippen molar-refractivity contribution >= 4 is 40.7 Å².